The largest absolute Gasteiger partial charge is 0.456 e. The number of rotatable bonds is 8. The average Bonchev–Trinajstić information content (AvgIpc) is 2.96. The van der Waals surface area contributed by atoms with Crippen molar-refractivity contribution in [2.45, 2.75) is 19.4 Å². The molecule has 7 nitrogen and oxygen atoms in total. The zero-order chi connectivity index (χ0) is 19.9. The third kappa shape index (κ3) is 4.62. The number of fused-ring (bicyclic) bond motifs is 1. The number of carbonyl (C=O) groups excluding carboxylic acids is 4. The fourth-order valence-corrected chi connectivity index (χ4v) is 2.89. The SMILES string of the molecule is O=C(COC(=O)CCCN1C(=O)c2ccccc2C1=O)NCc1ccccc1. The van der Waals surface area contributed by atoms with E-state index in [2.05, 4.69) is 5.32 Å². The van der Waals surface area contributed by atoms with Crippen LogP contribution in [0.3, 0.4) is 0 Å². The van der Waals surface area contributed by atoms with Gasteiger partial charge in [-0.05, 0) is 24.1 Å². The Kier molecular flexibility index (Phi) is 6.16. The summed E-state index contributed by atoms with van der Waals surface area (Å²) in [6, 6.07) is 16.0. The zero-order valence-corrected chi connectivity index (χ0v) is 15.2. The van der Waals surface area contributed by atoms with Gasteiger partial charge in [0.2, 0.25) is 0 Å². The molecule has 0 atom stereocenters. The molecule has 0 saturated heterocycles. The molecule has 0 unspecified atom stereocenters. The summed E-state index contributed by atoms with van der Waals surface area (Å²) in [6.07, 6.45) is 0.287. The first-order chi connectivity index (χ1) is 13.6. The van der Waals surface area contributed by atoms with E-state index in [9.17, 15) is 19.2 Å². The van der Waals surface area contributed by atoms with Crippen molar-refractivity contribution in [3.05, 3.63) is 71.3 Å². The van der Waals surface area contributed by atoms with Gasteiger partial charge in [0.1, 0.15) is 0 Å². The van der Waals surface area contributed by atoms with Gasteiger partial charge in [0.05, 0.1) is 11.1 Å². The molecule has 0 fully saturated rings. The molecule has 1 aliphatic rings. The monoisotopic (exact) mass is 380 g/mol. The highest BCUT2D eigenvalue weighted by Gasteiger charge is 2.34. The molecule has 3 amide bonds. The van der Waals surface area contributed by atoms with Gasteiger partial charge in [-0.15, -0.1) is 0 Å². The standard InChI is InChI=1S/C21H20N2O5/c24-18(22-13-15-7-2-1-3-8-15)14-28-19(25)11-6-12-23-20(26)16-9-4-5-10-17(16)21(23)27/h1-5,7-10H,6,11-14H2,(H,22,24). The van der Waals surface area contributed by atoms with Gasteiger partial charge in [-0.25, -0.2) is 0 Å². The van der Waals surface area contributed by atoms with E-state index in [0.717, 1.165) is 10.5 Å². The molecule has 0 radical (unpaired) electrons. The summed E-state index contributed by atoms with van der Waals surface area (Å²) < 4.78 is 4.93. The van der Waals surface area contributed by atoms with E-state index in [1.807, 2.05) is 30.3 Å². The van der Waals surface area contributed by atoms with Crippen LogP contribution < -0.4 is 5.32 Å². The van der Waals surface area contributed by atoms with Crippen molar-refractivity contribution in [1.29, 1.82) is 0 Å². The highest BCUT2D eigenvalue weighted by Crippen LogP contribution is 2.22. The first kappa shape index (κ1) is 19.3. The van der Waals surface area contributed by atoms with Crippen LogP contribution in [0.2, 0.25) is 0 Å². The minimum absolute atomic E-state index is 0.0133. The highest BCUT2D eigenvalue weighted by molar-refractivity contribution is 6.21. The topological polar surface area (TPSA) is 92.8 Å². The summed E-state index contributed by atoms with van der Waals surface area (Å²) in [5.74, 6) is -1.65. The maximum atomic E-state index is 12.2. The molecule has 28 heavy (non-hydrogen) atoms. The van der Waals surface area contributed by atoms with E-state index in [1.165, 1.54) is 0 Å². The smallest absolute Gasteiger partial charge is 0.306 e. The lowest BCUT2D eigenvalue weighted by atomic mass is 10.1. The lowest BCUT2D eigenvalue weighted by molar-refractivity contribution is -0.148. The fraction of sp³-hybridized carbons (Fsp3) is 0.238. The Hall–Kier alpha value is -3.48. The number of hydrogen-bond acceptors (Lipinski definition) is 5. The summed E-state index contributed by atoms with van der Waals surface area (Å²) in [7, 11) is 0. The molecule has 0 spiro atoms. The number of esters is 1. The van der Waals surface area contributed by atoms with Crippen molar-refractivity contribution in [2.24, 2.45) is 0 Å². The van der Waals surface area contributed by atoms with Gasteiger partial charge < -0.3 is 10.1 Å². The van der Waals surface area contributed by atoms with Crippen molar-refractivity contribution in [3.8, 4) is 0 Å². The van der Waals surface area contributed by atoms with E-state index < -0.39 is 11.9 Å². The maximum absolute atomic E-state index is 12.2. The number of ether oxygens (including phenoxy) is 1. The molecule has 144 valence electrons. The quantitative estimate of drug-likeness (QED) is 0.558. The molecular formula is C21H20N2O5. The molecule has 0 aliphatic carbocycles. The number of benzene rings is 2. The van der Waals surface area contributed by atoms with Crippen molar-refractivity contribution >= 4 is 23.7 Å². The van der Waals surface area contributed by atoms with Gasteiger partial charge in [-0.3, -0.25) is 24.1 Å². The lowest BCUT2D eigenvalue weighted by Crippen LogP contribution is -2.31. The van der Waals surface area contributed by atoms with Gasteiger partial charge in [0, 0.05) is 19.5 Å². The van der Waals surface area contributed by atoms with Crippen molar-refractivity contribution in [1.82, 2.24) is 10.2 Å². The molecule has 3 rings (SSSR count). The summed E-state index contributed by atoms with van der Waals surface area (Å²) in [5.41, 5.74) is 1.71. The third-order valence-electron chi connectivity index (χ3n) is 4.34. The minimum atomic E-state index is -0.550. The van der Waals surface area contributed by atoms with Gasteiger partial charge in [0.15, 0.2) is 6.61 Å². The number of nitrogens with zero attached hydrogens (tertiary/aromatic N) is 1. The van der Waals surface area contributed by atoms with Crippen LogP contribution in [0, 0.1) is 0 Å². The Morgan fingerprint density at radius 1 is 0.893 bits per heavy atom. The summed E-state index contributed by atoms with van der Waals surface area (Å²) in [4.78, 5) is 49.1. The number of nitrogens with one attached hydrogen (secondary N) is 1. The third-order valence-corrected chi connectivity index (χ3v) is 4.34. The number of carbonyl (C=O) groups is 4. The van der Waals surface area contributed by atoms with E-state index in [-0.39, 0.29) is 37.8 Å². The van der Waals surface area contributed by atoms with Gasteiger partial charge in [0.25, 0.3) is 17.7 Å². The van der Waals surface area contributed by atoms with Crippen LogP contribution in [-0.4, -0.2) is 41.7 Å². The van der Waals surface area contributed by atoms with Crippen molar-refractivity contribution in [2.75, 3.05) is 13.2 Å². The normalized spacial score (nSPS) is 12.6. The predicted molar refractivity (Wildman–Crippen MR) is 100 cm³/mol. The first-order valence-electron chi connectivity index (χ1n) is 8.97. The minimum Gasteiger partial charge on any atom is -0.456 e. The number of imide groups is 1. The average molecular weight is 380 g/mol. The van der Waals surface area contributed by atoms with E-state index in [4.69, 9.17) is 4.74 Å². The molecule has 1 heterocycles. The van der Waals surface area contributed by atoms with Crippen LogP contribution in [0.1, 0.15) is 39.1 Å². The van der Waals surface area contributed by atoms with Gasteiger partial charge in [-0.2, -0.15) is 0 Å². The Balaban J connectivity index is 1.35. The van der Waals surface area contributed by atoms with E-state index in [1.54, 1.807) is 24.3 Å². The summed E-state index contributed by atoms with van der Waals surface area (Å²) >= 11 is 0. The maximum Gasteiger partial charge on any atom is 0.306 e. The number of hydrogen-bond donors (Lipinski definition) is 1. The molecule has 1 aliphatic heterocycles. The Labute approximate surface area is 162 Å². The van der Waals surface area contributed by atoms with Crippen LogP contribution >= 0.6 is 0 Å². The molecule has 2 aromatic rings. The molecule has 0 aromatic heterocycles. The molecule has 0 saturated carbocycles. The molecular weight excluding hydrogens is 360 g/mol. The van der Waals surface area contributed by atoms with Crippen LogP contribution in [-0.2, 0) is 20.9 Å². The Bertz CT molecular complexity index is 860. The molecule has 7 heteroatoms. The first-order valence-corrected chi connectivity index (χ1v) is 8.97. The zero-order valence-electron chi connectivity index (χ0n) is 15.2. The molecule has 1 N–H and O–H groups in total. The van der Waals surface area contributed by atoms with E-state index >= 15 is 0 Å². The highest BCUT2D eigenvalue weighted by atomic mass is 16.5. The van der Waals surface area contributed by atoms with E-state index in [0.29, 0.717) is 17.7 Å². The van der Waals surface area contributed by atoms with Crippen molar-refractivity contribution in [3.63, 3.8) is 0 Å². The number of amides is 3. The van der Waals surface area contributed by atoms with Crippen LogP contribution in [0.5, 0.6) is 0 Å². The van der Waals surface area contributed by atoms with Gasteiger partial charge >= 0.3 is 5.97 Å². The Morgan fingerprint density at radius 3 is 2.14 bits per heavy atom. The summed E-state index contributed by atoms with van der Waals surface area (Å²) in [5, 5.41) is 2.66. The lowest BCUT2D eigenvalue weighted by Gasteiger charge is -2.13. The second-order valence-electron chi connectivity index (χ2n) is 6.33. The fourth-order valence-electron chi connectivity index (χ4n) is 2.89. The molecule has 2 aromatic carbocycles. The predicted octanol–water partition coefficient (Wildman–Crippen LogP) is 1.92. The Morgan fingerprint density at radius 2 is 1.50 bits per heavy atom. The molecule has 0 bridgehead atoms. The van der Waals surface area contributed by atoms with Crippen molar-refractivity contribution < 1.29 is 23.9 Å². The summed E-state index contributed by atoms with van der Waals surface area (Å²) in [6.45, 7) is 0.122. The second kappa shape index (κ2) is 8.94. The van der Waals surface area contributed by atoms with Gasteiger partial charge in [-0.1, -0.05) is 42.5 Å². The van der Waals surface area contributed by atoms with Crippen LogP contribution in [0.25, 0.3) is 0 Å². The second-order valence-corrected chi connectivity index (χ2v) is 6.33. The van der Waals surface area contributed by atoms with Crippen LogP contribution in [0.4, 0.5) is 0 Å². The van der Waals surface area contributed by atoms with Crippen LogP contribution in [0.15, 0.2) is 54.6 Å².